The van der Waals surface area contributed by atoms with Crippen molar-refractivity contribution in [2.45, 2.75) is 0 Å². The van der Waals surface area contributed by atoms with Gasteiger partial charge in [0.15, 0.2) is 5.58 Å². The van der Waals surface area contributed by atoms with Gasteiger partial charge in [-0.15, -0.1) is 0 Å². The van der Waals surface area contributed by atoms with Crippen molar-refractivity contribution in [2.75, 3.05) is 4.90 Å². The second-order valence-corrected chi connectivity index (χ2v) is 15.2. The fourth-order valence-electron chi connectivity index (χ4n) is 9.17. The molecule has 3 heteroatoms. The van der Waals surface area contributed by atoms with E-state index < -0.39 is 0 Å². The molecule has 12 aromatic rings. The van der Waals surface area contributed by atoms with Crippen LogP contribution in [0.2, 0.25) is 0 Å². The van der Waals surface area contributed by atoms with Crippen LogP contribution in [-0.2, 0) is 0 Å². The third-order valence-electron chi connectivity index (χ3n) is 11.9. The quantitative estimate of drug-likeness (QED) is 0.169. The summed E-state index contributed by atoms with van der Waals surface area (Å²) < 4.78 is 13.6. The molecule has 0 atom stereocenters. The summed E-state index contributed by atoms with van der Waals surface area (Å²) in [4.78, 5) is 2.37. The fraction of sp³-hybridized carbons (Fsp3) is 0. The molecule has 0 unspecified atom stereocenters. The topological polar surface area (TPSA) is 29.5 Å². The Bertz CT molecular complexity index is 3550. The summed E-state index contributed by atoms with van der Waals surface area (Å²) in [6.45, 7) is 0. The largest absolute Gasteiger partial charge is 0.455 e. The molecule has 0 aliphatic heterocycles. The molecule has 0 bridgehead atoms. The maximum atomic E-state index is 7.06. The first-order valence-electron chi connectivity index (χ1n) is 20.1. The molecule has 0 aliphatic carbocycles. The van der Waals surface area contributed by atoms with Crippen LogP contribution in [0.4, 0.5) is 17.1 Å². The van der Waals surface area contributed by atoms with Crippen LogP contribution >= 0.6 is 0 Å². The van der Waals surface area contributed by atoms with Gasteiger partial charge in [-0.3, -0.25) is 0 Å². The molecule has 0 fully saturated rings. The zero-order valence-corrected chi connectivity index (χ0v) is 32.0. The van der Waals surface area contributed by atoms with E-state index in [1.165, 1.54) is 21.9 Å². The first-order valence-corrected chi connectivity index (χ1v) is 20.1. The van der Waals surface area contributed by atoms with Crippen molar-refractivity contribution < 1.29 is 8.83 Å². The Hall–Kier alpha value is -7.88. The molecule has 0 saturated carbocycles. The number of anilines is 3. The highest BCUT2D eigenvalue weighted by Crippen LogP contribution is 2.48. The summed E-state index contributed by atoms with van der Waals surface area (Å²) >= 11 is 0. The second-order valence-electron chi connectivity index (χ2n) is 15.2. The van der Waals surface area contributed by atoms with E-state index >= 15 is 0 Å². The molecule has 0 radical (unpaired) electrons. The highest BCUT2D eigenvalue weighted by molar-refractivity contribution is 6.17. The lowest BCUT2D eigenvalue weighted by molar-refractivity contribution is 0.670. The van der Waals surface area contributed by atoms with Gasteiger partial charge in [0.05, 0.1) is 11.4 Å². The van der Waals surface area contributed by atoms with Gasteiger partial charge in [-0.05, 0) is 68.7 Å². The molecule has 12 rings (SSSR count). The minimum absolute atomic E-state index is 0.837. The highest BCUT2D eigenvalue weighted by atomic mass is 16.3. The summed E-state index contributed by atoms with van der Waals surface area (Å²) in [5, 5.41) is 9.13. The molecule has 276 valence electrons. The molecule has 10 aromatic carbocycles. The van der Waals surface area contributed by atoms with Crippen LogP contribution in [0.25, 0.3) is 98.8 Å². The maximum Gasteiger partial charge on any atom is 0.159 e. The lowest BCUT2D eigenvalue weighted by atomic mass is 9.94. The molecule has 0 spiro atoms. The van der Waals surface area contributed by atoms with E-state index in [0.29, 0.717) is 0 Å². The molecule has 0 aliphatic rings. The number of hydrogen-bond donors (Lipinski definition) is 0. The molecule has 0 amide bonds. The Balaban J connectivity index is 1.10. The van der Waals surface area contributed by atoms with Crippen molar-refractivity contribution in [1.82, 2.24) is 0 Å². The van der Waals surface area contributed by atoms with E-state index in [4.69, 9.17) is 8.83 Å². The standard InChI is InChI=1S/C56H35NO2/c1-2-14-37(15-3-1)42-23-11-26-49-50-27-13-28-52(56(50)59-54(42)49)57(39-32-30-38(31-33-39)41-22-10-17-36-16-4-5-18-40(36)41)51-35-34-44(43-19-6-7-20-45(43)51)47-24-12-25-48-46-21-8-9-29-53(46)58-55(47)48/h1-35H. The maximum absolute atomic E-state index is 7.06. The van der Waals surface area contributed by atoms with Gasteiger partial charge in [0.25, 0.3) is 0 Å². The van der Waals surface area contributed by atoms with Crippen molar-refractivity contribution >= 4 is 82.5 Å². The molecule has 3 nitrogen and oxygen atoms in total. The normalized spacial score (nSPS) is 11.7. The van der Waals surface area contributed by atoms with Gasteiger partial charge in [-0.1, -0.05) is 182 Å². The van der Waals surface area contributed by atoms with Crippen molar-refractivity contribution in [2.24, 2.45) is 0 Å². The number of benzene rings is 10. The summed E-state index contributed by atoms with van der Waals surface area (Å²) in [6.07, 6.45) is 0. The smallest absolute Gasteiger partial charge is 0.159 e. The van der Waals surface area contributed by atoms with Gasteiger partial charge in [0.1, 0.15) is 16.7 Å². The summed E-state index contributed by atoms with van der Waals surface area (Å²) in [6, 6.07) is 75.5. The molecule has 2 heterocycles. The number of fused-ring (bicyclic) bond motifs is 8. The lowest BCUT2D eigenvalue weighted by Crippen LogP contribution is -2.11. The first-order chi connectivity index (χ1) is 29.3. The summed E-state index contributed by atoms with van der Waals surface area (Å²) in [5.74, 6) is 0. The van der Waals surface area contributed by atoms with Crippen molar-refractivity contribution in [3.8, 4) is 33.4 Å². The van der Waals surface area contributed by atoms with E-state index in [2.05, 4.69) is 205 Å². The third kappa shape index (κ3) is 5.29. The minimum Gasteiger partial charge on any atom is -0.455 e. The zero-order chi connectivity index (χ0) is 38.9. The van der Waals surface area contributed by atoms with E-state index in [-0.39, 0.29) is 0 Å². The highest BCUT2D eigenvalue weighted by Gasteiger charge is 2.24. The summed E-state index contributed by atoms with van der Waals surface area (Å²) in [5.41, 5.74) is 13.3. The second kappa shape index (κ2) is 13.4. The Morgan fingerprint density at radius 2 is 0.831 bits per heavy atom. The SMILES string of the molecule is c1ccc(-c2cccc3c2oc2c(N(c4ccc(-c5cccc6ccccc56)cc4)c4ccc(-c5cccc6c5oc5ccccc56)c5ccccc45)cccc23)cc1. The van der Waals surface area contributed by atoms with Gasteiger partial charge in [0.2, 0.25) is 0 Å². The summed E-state index contributed by atoms with van der Waals surface area (Å²) in [7, 11) is 0. The van der Waals surface area contributed by atoms with Gasteiger partial charge in [0, 0.05) is 43.7 Å². The molecular formula is C56H35NO2. The Morgan fingerprint density at radius 1 is 0.271 bits per heavy atom. The Labute approximate surface area is 340 Å². The molecule has 0 N–H and O–H groups in total. The number of furan rings is 2. The fourth-order valence-corrected chi connectivity index (χ4v) is 9.17. The van der Waals surface area contributed by atoms with Crippen LogP contribution in [0.5, 0.6) is 0 Å². The molecule has 59 heavy (non-hydrogen) atoms. The van der Waals surface area contributed by atoms with Crippen molar-refractivity contribution in [1.29, 1.82) is 0 Å². The van der Waals surface area contributed by atoms with Crippen LogP contribution in [0.3, 0.4) is 0 Å². The molecule has 0 saturated heterocycles. The lowest BCUT2D eigenvalue weighted by Gasteiger charge is -2.28. The number of nitrogens with zero attached hydrogens (tertiary/aromatic N) is 1. The Kier molecular flexibility index (Phi) is 7.54. The average molecular weight is 754 g/mol. The van der Waals surface area contributed by atoms with Crippen LogP contribution in [0.1, 0.15) is 0 Å². The predicted molar refractivity (Wildman–Crippen MR) is 247 cm³/mol. The van der Waals surface area contributed by atoms with E-state index in [1.54, 1.807) is 0 Å². The van der Waals surface area contributed by atoms with Gasteiger partial charge < -0.3 is 13.7 Å². The molecular weight excluding hydrogens is 719 g/mol. The minimum atomic E-state index is 0.837. The Morgan fingerprint density at radius 3 is 1.66 bits per heavy atom. The first kappa shape index (κ1) is 33.3. The predicted octanol–water partition coefficient (Wildman–Crippen LogP) is 16.3. The number of rotatable bonds is 6. The monoisotopic (exact) mass is 753 g/mol. The zero-order valence-electron chi connectivity index (χ0n) is 32.0. The van der Waals surface area contributed by atoms with Crippen LogP contribution in [-0.4, -0.2) is 0 Å². The van der Waals surface area contributed by atoms with Crippen molar-refractivity contribution in [3.05, 3.63) is 212 Å². The van der Waals surface area contributed by atoms with Crippen LogP contribution in [0, 0.1) is 0 Å². The van der Waals surface area contributed by atoms with E-state index in [0.717, 1.165) is 94.0 Å². The van der Waals surface area contributed by atoms with Crippen molar-refractivity contribution in [3.63, 3.8) is 0 Å². The van der Waals surface area contributed by atoms with Gasteiger partial charge >= 0.3 is 0 Å². The third-order valence-corrected chi connectivity index (χ3v) is 11.9. The molecule has 2 aromatic heterocycles. The van der Waals surface area contributed by atoms with Crippen LogP contribution < -0.4 is 4.90 Å². The van der Waals surface area contributed by atoms with Crippen LogP contribution in [0.15, 0.2) is 221 Å². The average Bonchev–Trinajstić information content (AvgIpc) is 3.89. The van der Waals surface area contributed by atoms with E-state index in [9.17, 15) is 0 Å². The number of hydrogen-bond acceptors (Lipinski definition) is 3. The number of para-hydroxylation sites is 4. The van der Waals surface area contributed by atoms with E-state index in [1.807, 2.05) is 12.1 Å². The van der Waals surface area contributed by atoms with Gasteiger partial charge in [-0.2, -0.15) is 0 Å². The van der Waals surface area contributed by atoms with Gasteiger partial charge in [-0.25, -0.2) is 0 Å².